The van der Waals surface area contributed by atoms with E-state index in [0.29, 0.717) is 11.8 Å². The van der Waals surface area contributed by atoms with Crippen LogP contribution in [0.4, 0.5) is 0 Å². The quantitative estimate of drug-likeness (QED) is 0.604. The Kier molecular flexibility index (Phi) is 4.36. The van der Waals surface area contributed by atoms with E-state index < -0.39 is 14.8 Å². The minimum atomic E-state index is -3.71. The fourth-order valence-electron chi connectivity index (χ4n) is 1.45. The molecular formula is C10H11ClO5S. The van der Waals surface area contributed by atoms with Gasteiger partial charge >= 0.3 is 0 Å². The number of ether oxygens (including phenoxy) is 2. The third-order valence-corrected chi connectivity index (χ3v) is 3.07. The fourth-order valence-corrected chi connectivity index (χ4v) is 2.40. The van der Waals surface area contributed by atoms with Crippen molar-refractivity contribution in [2.75, 3.05) is 14.2 Å². The molecule has 0 atom stereocenters. The summed E-state index contributed by atoms with van der Waals surface area (Å²) >= 11 is 0. The van der Waals surface area contributed by atoms with Gasteiger partial charge in [0.25, 0.3) is 0 Å². The topological polar surface area (TPSA) is 69.7 Å². The maximum absolute atomic E-state index is 11.0. The van der Waals surface area contributed by atoms with E-state index in [9.17, 15) is 13.2 Å². The third-order valence-electron chi connectivity index (χ3n) is 2.09. The van der Waals surface area contributed by atoms with Crippen molar-refractivity contribution in [2.24, 2.45) is 0 Å². The van der Waals surface area contributed by atoms with E-state index in [4.69, 9.17) is 20.2 Å². The van der Waals surface area contributed by atoms with Gasteiger partial charge in [0.2, 0.25) is 9.05 Å². The lowest BCUT2D eigenvalue weighted by Crippen LogP contribution is -2.02. The van der Waals surface area contributed by atoms with Crippen molar-refractivity contribution in [3.63, 3.8) is 0 Å². The molecule has 0 aliphatic rings. The molecule has 1 rings (SSSR count). The second kappa shape index (κ2) is 5.37. The van der Waals surface area contributed by atoms with Crippen LogP contribution in [-0.4, -0.2) is 28.9 Å². The highest BCUT2D eigenvalue weighted by Crippen LogP contribution is 2.35. The summed E-state index contributed by atoms with van der Waals surface area (Å²) in [6.07, 6.45) is 0.598. The Labute approximate surface area is 104 Å². The number of benzene rings is 1. The predicted molar refractivity (Wildman–Crippen MR) is 63.4 cm³/mol. The van der Waals surface area contributed by atoms with Crippen LogP contribution >= 0.6 is 10.7 Å². The maximum atomic E-state index is 11.0. The highest BCUT2D eigenvalue weighted by Gasteiger charge is 2.18. The molecule has 0 aromatic heterocycles. The Morgan fingerprint density at radius 1 is 1.24 bits per heavy atom. The number of carbonyl (C=O) groups excluding carboxylic acids is 1. The summed E-state index contributed by atoms with van der Waals surface area (Å²) in [5, 5.41) is 0. The molecule has 0 N–H and O–H groups in total. The molecule has 17 heavy (non-hydrogen) atoms. The van der Waals surface area contributed by atoms with Crippen molar-refractivity contribution in [3.8, 4) is 11.5 Å². The van der Waals surface area contributed by atoms with Crippen LogP contribution in [0.3, 0.4) is 0 Å². The molecule has 0 heterocycles. The van der Waals surface area contributed by atoms with Crippen molar-refractivity contribution in [3.05, 3.63) is 23.3 Å². The zero-order valence-corrected chi connectivity index (χ0v) is 10.8. The average Bonchev–Trinajstić information content (AvgIpc) is 2.26. The van der Waals surface area contributed by atoms with E-state index in [-0.39, 0.29) is 17.1 Å². The van der Waals surface area contributed by atoms with E-state index in [0.717, 1.165) is 0 Å². The van der Waals surface area contributed by atoms with Gasteiger partial charge in [0.05, 0.1) is 25.5 Å². The van der Waals surface area contributed by atoms with Crippen LogP contribution in [0.2, 0.25) is 0 Å². The van der Waals surface area contributed by atoms with Crippen molar-refractivity contribution < 1.29 is 22.7 Å². The van der Waals surface area contributed by atoms with Crippen molar-refractivity contribution in [2.45, 2.75) is 5.75 Å². The van der Waals surface area contributed by atoms with Gasteiger partial charge in [0, 0.05) is 16.2 Å². The number of aldehydes is 1. The molecular weight excluding hydrogens is 268 g/mol. The Bertz CT molecular complexity index is 524. The minimum absolute atomic E-state index is 0.195. The minimum Gasteiger partial charge on any atom is -0.493 e. The van der Waals surface area contributed by atoms with Gasteiger partial charge in [0.15, 0.2) is 17.8 Å². The summed E-state index contributed by atoms with van der Waals surface area (Å²) in [6, 6.07) is 2.91. The van der Waals surface area contributed by atoms with Crippen molar-refractivity contribution >= 4 is 26.0 Å². The van der Waals surface area contributed by atoms with Gasteiger partial charge in [-0.2, -0.15) is 0 Å². The molecule has 0 amide bonds. The molecule has 0 saturated carbocycles. The molecule has 0 aliphatic carbocycles. The average molecular weight is 279 g/mol. The number of rotatable bonds is 5. The molecule has 7 heteroatoms. The van der Waals surface area contributed by atoms with Crippen molar-refractivity contribution in [1.29, 1.82) is 0 Å². The summed E-state index contributed by atoms with van der Waals surface area (Å²) in [4.78, 5) is 10.8. The number of carbonyl (C=O) groups is 1. The highest BCUT2D eigenvalue weighted by atomic mass is 35.7. The van der Waals surface area contributed by atoms with Crippen molar-refractivity contribution in [1.82, 2.24) is 0 Å². The molecule has 0 unspecified atom stereocenters. The normalized spacial score (nSPS) is 11.0. The largest absolute Gasteiger partial charge is 0.493 e. The molecule has 0 aliphatic heterocycles. The van der Waals surface area contributed by atoms with Crippen LogP contribution in [0.15, 0.2) is 12.1 Å². The lowest BCUT2D eigenvalue weighted by Gasteiger charge is -2.13. The first-order valence-electron chi connectivity index (χ1n) is 4.54. The van der Waals surface area contributed by atoms with E-state index >= 15 is 0 Å². The zero-order chi connectivity index (χ0) is 13.1. The van der Waals surface area contributed by atoms with E-state index in [1.54, 1.807) is 0 Å². The molecule has 0 radical (unpaired) electrons. The smallest absolute Gasteiger partial charge is 0.236 e. The Morgan fingerprint density at radius 3 is 2.24 bits per heavy atom. The van der Waals surface area contributed by atoms with Crippen LogP contribution in [0.1, 0.15) is 15.9 Å². The van der Waals surface area contributed by atoms with E-state index in [1.165, 1.54) is 26.4 Å². The zero-order valence-electron chi connectivity index (χ0n) is 9.27. The first-order chi connectivity index (χ1) is 7.92. The number of methoxy groups -OCH3 is 2. The molecule has 5 nitrogen and oxygen atoms in total. The van der Waals surface area contributed by atoms with Crippen LogP contribution in [0.25, 0.3) is 0 Å². The fraction of sp³-hybridized carbons (Fsp3) is 0.300. The van der Waals surface area contributed by atoms with Gasteiger partial charge in [-0.3, -0.25) is 4.79 Å². The molecule has 1 aromatic carbocycles. The van der Waals surface area contributed by atoms with Crippen LogP contribution in [0, 0.1) is 0 Å². The van der Waals surface area contributed by atoms with Gasteiger partial charge in [-0.25, -0.2) is 8.42 Å². The second-order valence-corrected chi connectivity index (χ2v) is 5.96. The monoisotopic (exact) mass is 278 g/mol. The SMILES string of the molecule is COc1c(C=O)ccc(CS(=O)(=O)Cl)c1OC. The summed E-state index contributed by atoms with van der Waals surface area (Å²) in [7, 11) is 4.19. The number of hydrogen-bond acceptors (Lipinski definition) is 5. The molecule has 0 saturated heterocycles. The molecule has 1 aromatic rings. The first kappa shape index (κ1) is 13.8. The van der Waals surface area contributed by atoms with Gasteiger partial charge in [-0.15, -0.1) is 0 Å². The van der Waals surface area contributed by atoms with E-state index in [1.807, 2.05) is 0 Å². The lowest BCUT2D eigenvalue weighted by molar-refractivity contribution is 0.112. The summed E-state index contributed by atoms with van der Waals surface area (Å²) in [5.74, 6) is -0.00520. The van der Waals surface area contributed by atoms with Crippen LogP contribution in [-0.2, 0) is 14.8 Å². The van der Waals surface area contributed by atoms with Gasteiger partial charge in [-0.1, -0.05) is 6.07 Å². The summed E-state index contributed by atoms with van der Waals surface area (Å²) < 4.78 is 32.1. The summed E-state index contributed by atoms with van der Waals surface area (Å²) in [6.45, 7) is 0. The van der Waals surface area contributed by atoms with Crippen LogP contribution in [0.5, 0.6) is 11.5 Å². The van der Waals surface area contributed by atoms with Gasteiger partial charge in [0.1, 0.15) is 0 Å². The highest BCUT2D eigenvalue weighted by molar-refractivity contribution is 8.13. The van der Waals surface area contributed by atoms with E-state index in [2.05, 4.69) is 0 Å². The third kappa shape index (κ3) is 3.34. The molecule has 94 valence electrons. The second-order valence-electron chi connectivity index (χ2n) is 3.18. The first-order valence-corrected chi connectivity index (χ1v) is 7.02. The molecule has 0 spiro atoms. The Balaban J connectivity index is 3.38. The molecule has 0 fully saturated rings. The van der Waals surface area contributed by atoms with Gasteiger partial charge in [-0.05, 0) is 6.07 Å². The maximum Gasteiger partial charge on any atom is 0.236 e. The Morgan fingerprint density at radius 2 is 1.82 bits per heavy atom. The Hall–Kier alpha value is -1.27. The van der Waals surface area contributed by atoms with Gasteiger partial charge < -0.3 is 9.47 Å². The van der Waals surface area contributed by atoms with Crippen LogP contribution < -0.4 is 9.47 Å². The number of hydrogen-bond donors (Lipinski definition) is 0. The number of halogens is 1. The molecule has 0 bridgehead atoms. The predicted octanol–water partition coefficient (Wildman–Crippen LogP) is 1.58. The summed E-state index contributed by atoms with van der Waals surface area (Å²) in [5.41, 5.74) is 0.616. The lowest BCUT2D eigenvalue weighted by atomic mass is 10.1. The standard InChI is InChI=1S/C10H11ClO5S/c1-15-9-7(5-12)3-4-8(10(9)16-2)6-17(11,13)14/h3-5H,6H2,1-2H3.